The van der Waals surface area contributed by atoms with Crippen molar-refractivity contribution in [3.8, 4) is 6.07 Å². The van der Waals surface area contributed by atoms with E-state index in [1.165, 1.54) is 0 Å². The standard InChI is InChI=1S/C18H23N5/c1-18(2,3)14-10-15(13-6-8-20-9-7-13)22-16(11-19)17(14)21-12-23(4)5/h6,9-10,12H,7-8H2,1-5H3/b21-12+/i10D. The third-order valence-electron chi connectivity index (χ3n) is 3.39. The Morgan fingerprint density at radius 2 is 2.17 bits per heavy atom. The molecular weight excluding hydrogens is 286 g/mol. The normalized spacial score (nSPS) is 15.3. The van der Waals surface area contributed by atoms with E-state index in [0.29, 0.717) is 30.4 Å². The van der Waals surface area contributed by atoms with Crippen LogP contribution in [-0.4, -0.2) is 43.1 Å². The summed E-state index contributed by atoms with van der Waals surface area (Å²) in [6.45, 7) is 6.66. The molecular formula is C18H23N5. The van der Waals surface area contributed by atoms with Gasteiger partial charge in [0.15, 0.2) is 5.69 Å². The van der Waals surface area contributed by atoms with Gasteiger partial charge in [-0.15, -0.1) is 0 Å². The molecule has 23 heavy (non-hydrogen) atoms. The fourth-order valence-electron chi connectivity index (χ4n) is 2.24. The zero-order valence-electron chi connectivity index (χ0n) is 15.4. The van der Waals surface area contributed by atoms with Crippen molar-refractivity contribution in [3.63, 3.8) is 0 Å². The highest BCUT2D eigenvalue weighted by atomic mass is 15.1. The van der Waals surface area contributed by atoms with Gasteiger partial charge in [0.1, 0.15) is 11.8 Å². The molecule has 0 unspecified atom stereocenters. The van der Waals surface area contributed by atoms with Gasteiger partial charge in [0.25, 0.3) is 0 Å². The summed E-state index contributed by atoms with van der Waals surface area (Å²) in [5.74, 6) is 0. The average molecular weight is 310 g/mol. The Kier molecular flexibility index (Phi) is 4.52. The number of aromatic nitrogens is 1. The van der Waals surface area contributed by atoms with Crippen LogP contribution in [0.2, 0.25) is 0 Å². The molecule has 0 saturated carbocycles. The maximum atomic E-state index is 9.58. The van der Waals surface area contributed by atoms with Crippen molar-refractivity contribution in [2.75, 3.05) is 20.6 Å². The van der Waals surface area contributed by atoms with Gasteiger partial charge < -0.3 is 4.90 Å². The Morgan fingerprint density at radius 3 is 2.70 bits per heavy atom. The molecule has 0 radical (unpaired) electrons. The number of nitriles is 1. The predicted molar refractivity (Wildman–Crippen MR) is 95.4 cm³/mol. The second kappa shape index (κ2) is 6.74. The van der Waals surface area contributed by atoms with Gasteiger partial charge in [-0.2, -0.15) is 5.26 Å². The van der Waals surface area contributed by atoms with Gasteiger partial charge >= 0.3 is 0 Å². The first-order valence-electron chi connectivity index (χ1n) is 8.09. The summed E-state index contributed by atoms with van der Waals surface area (Å²) in [5.41, 5.74) is 2.66. The Hall–Kier alpha value is -2.48. The Morgan fingerprint density at radius 1 is 1.43 bits per heavy atom. The largest absolute Gasteiger partial charge is 0.369 e. The van der Waals surface area contributed by atoms with Crippen LogP contribution in [0.25, 0.3) is 5.57 Å². The van der Waals surface area contributed by atoms with Crippen LogP contribution in [0.15, 0.2) is 22.1 Å². The summed E-state index contributed by atoms with van der Waals surface area (Å²) in [5, 5.41) is 9.58. The molecule has 0 fully saturated rings. The van der Waals surface area contributed by atoms with Gasteiger partial charge in [-0.1, -0.05) is 26.8 Å². The lowest BCUT2D eigenvalue weighted by Crippen LogP contribution is -2.15. The molecule has 0 aliphatic carbocycles. The first-order chi connectivity index (χ1) is 11.3. The number of allylic oxidation sites excluding steroid dienone is 1. The molecule has 1 aliphatic heterocycles. The first kappa shape index (κ1) is 15.4. The molecule has 5 heteroatoms. The van der Waals surface area contributed by atoms with Crippen molar-refractivity contribution in [2.45, 2.75) is 32.6 Å². The van der Waals surface area contributed by atoms with E-state index in [4.69, 9.17) is 1.37 Å². The van der Waals surface area contributed by atoms with Gasteiger partial charge in [0, 0.05) is 26.7 Å². The van der Waals surface area contributed by atoms with Crippen molar-refractivity contribution >= 4 is 23.8 Å². The predicted octanol–water partition coefficient (Wildman–Crippen LogP) is 3.33. The third-order valence-corrected chi connectivity index (χ3v) is 3.39. The number of nitrogens with zero attached hydrogens (tertiary/aromatic N) is 5. The highest BCUT2D eigenvalue weighted by molar-refractivity contribution is 5.81. The third kappa shape index (κ3) is 4.04. The average Bonchev–Trinajstić information content (AvgIpc) is 2.52. The molecule has 0 aromatic carbocycles. The quantitative estimate of drug-likeness (QED) is 0.635. The molecule has 0 atom stereocenters. The lowest BCUT2D eigenvalue weighted by molar-refractivity contribution is 0.589. The molecule has 5 nitrogen and oxygen atoms in total. The number of hydrogen-bond acceptors (Lipinski definition) is 4. The van der Waals surface area contributed by atoms with Crippen LogP contribution >= 0.6 is 0 Å². The van der Waals surface area contributed by atoms with Crippen molar-refractivity contribution in [1.29, 1.82) is 5.26 Å². The summed E-state index contributed by atoms with van der Waals surface area (Å²) in [6.07, 6.45) is 6.07. The van der Waals surface area contributed by atoms with Crippen LogP contribution in [0, 0.1) is 11.3 Å². The molecule has 120 valence electrons. The maximum absolute atomic E-state index is 9.58. The second-order valence-corrected chi connectivity index (χ2v) is 6.71. The lowest BCUT2D eigenvalue weighted by atomic mass is 9.84. The van der Waals surface area contributed by atoms with E-state index in [2.05, 4.69) is 21.0 Å². The SMILES string of the molecule is [2H]c1c(C2=CCN=CC2)nc(C#N)c(/N=C/N(C)C)c1C(C)(C)C. The van der Waals surface area contributed by atoms with E-state index in [-0.39, 0.29) is 11.1 Å². The summed E-state index contributed by atoms with van der Waals surface area (Å²) in [4.78, 5) is 14.9. The molecule has 1 aliphatic rings. The van der Waals surface area contributed by atoms with Gasteiger partial charge in [-0.25, -0.2) is 9.98 Å². The van der Waals surface area contributed by atoms with E-state index in [0.717, 1.165) is 11.1 Å². The van der Waals surface area contributed by atoms with Gasteiger partial charge in [0.05, 0.1) is 19.9 Å². The Labute approximate surface area is 139 Å². The minimum Gasteiger partial charge on any atom is -0.369 e. The van der Waals surface area contributed by atoms with E-state index < -0.39 is 0 Å². The molecule has 2 rings (SSSR count). The van der Waals surface area contributed by atoms with E-state index >= 15 is 0 Å². The number of aliphatic imine (C=N–C) groups is 2. The summed E-state index contributed by atoms with van der Waals surface area (Å²) >= 11 is 0. The molecule has 0 spiro atoms. The van der Waals surface area contributed by atoms with Crippen LogP contribution in [0.1, 0.15) is 45.5 Å². The highest BCUT2D eigenvalue weighted by Gasteiger charge is 2.23. The molecule has 0 bridgehead atoms. The Bertz CT molecular complexity index is 761. The lowest BCUT2D eigenvalue weighted by Gasteiger charge is -2.23. The van der Waals surface area contributed by atoms with E-state index in [9.17, 15) is 5.26 Å². The van der Waals surface area contributed by atoms with Crippen LogP contribution in [0.4, 0.5) is 5.69 Å². The molecule has 0 saturated heterocycles. The molecule has 0 amide bonds. The van der Waals surface area contributed by atoms with Gasteiger partial charge in [-0.05, 0) is 22.6 Å². The molecule has 1 aromatic rings. The minimum absolute atomic E-state index is 0.257. The first-order valence-corrected chi connectivity index (χ1v) is 7.59. The topological polar surface area (TPSA) is 64.6 Å². The Balaban J connectivity index is 2.75. The number of rotatable bonds is 3. The molecule has 2 heterocycles. The van der Waals surface area contributed by atoms with Crippen molar-refractivity contribution in [2.24, 2.45) is 9.98 Å². The second-order valence-electron chi connectivity index (χ2n) is 6.71. The number of pyridine rings is 1. The summed E-state index contributed by atoms with van der Waals surface area (Å²) < 4.78 is 8.69. The van der Waals surface area contributed by atoms with Gasteiger partial charge in [0.2, 0.25) is 0 Å². The fourth-order valence-corrected chi connectivity index (χ4v) is 2.24. The highest BCUT2D eigenvalue weighted by Crippen LogP contribution is 2.35. The number of dihydropyridines is 1. The summed E-state index contributed by atoms with van der Waals surface area (Å²) in [7, 11) is 3.73. The monoisotopic (exact) mass is 310 g/mol. The van der Waals surface area contributed by atoms with Crippen LogP contribution in [0.5, 0.6) is 0 Å². The van der Waals surface area contributed by atoms with Crippen molar-refractivity contribution in [1.82, 2.24) is 9.88 Å². The van der Waals surface area contributed by atoms with Gasteiger partial charge in [-0.3, -0.25) is 4.99 Å². The van der Waals surface area contributed by atoms with Crippen molar-refractivity contribution < 1.29 is 1.37 Å². The zero-order chi connectivity index (χ0) is 17.9. The molecule has 1 aromatic heterocycles. The van der Waals surface area contributed by atoms with Crippen molar-refractivity contribution in [3.05, 3.63) is 29.1 Å². The maximum Gasteiger partial charge on any atom is 0.167 e. The van der Waals surface area contributed by atoms with E-state index in [1.807, 2.05) is 47.2 Å². The van der Waals surface area contributed by atoms with Crippen LogP contribution < -0.4 is 0 Å². The van der Waals surface area contributed by atoms with Crippen LogP contribution in [0.3, 0.4) is 0 Å². The smallest absolute Gasteiger partial charge is 0.167 e. The van der Waals surface area contributed by atoms with Crippen LogP contribution in [-0.2, 0) is 5.41 Å². The molecule has 0 N–H and O–H groups in total. The minimum atomic E-state index is -0.331. The fraction of sp³-hybridized carbons (Fsp3) is 0.444. The number of hydrogen-bond donors (Lipinski definition) is 0. The zero-order valence-corrected chi connectivity index (χ0v) is 14.4. The summed E-state index contributed by atoms with van der Waals surface area (Å²) in [6, 6.07) is 2.49. The van der Waals surface area contributed by atoms with E-state index in [1.54, 1.807) is 11.2 Å².